The molecule has 220 valence electrons. The minimum Gasteiger partial charge on any atom is -0.460 e. The molecule has 2 bridgehead atoms. The van der Waals surface area contributed by atoms with Gasteiger partial charge in [0.25, 0.3) is 0 Å². The molecule has 4 aliphatic carbocycles. The number of fused-ring (bicyclic) bond motifs is 8. The smallest absolute Gasteiger partial charge is 0.317 e. The first-order valence-electron chi connectivity index (χ1n) is 14.8. The normalized spacial score (nSPS) is 42.3. The van der Waals surface area contributed by atoms with Gasteiger partial charge < -0.3 is 9.47 Å². The molecular formula is C33H58O5. The van der Waals surface area contributed by atoms with Crippen LogP contribution < -0.4 is 0 Å². The van der Waals surface area contributed by atoms with Crippen LogP contribution in [0.2, 0.25) is 0 Å². The molecule has 1 aliphatic heterocycles. The number of hydrogen-bond donors (Lipinski definition) is 0. The first-order chi connectivity index (χ1) is 16.8. The van der Waals surface area contributed by atoms with Gasteiger partial charge in [0, 0.05) is 0 Å². The maximum absolute atomic E-state index is 12.4. The number of esters is 3. The summed E-state index contributed by atoms with van der Waals surface area (Å²) in [5.41, 5.74) is -0.634. The molecule has 0 aromatic heterocycles. The second-order valence-electron chi connectivity index (χ2n) is 14.2. The highest BCUT2D eigenvalue weighted by atomic mass is 16.6. The van der Waals surface area contributed by atoms with Gasteiger partial charge in [-0.2, -0.15) is 0 Å². The Bertz CT molecular complexity index is 858. The zero-order valence-electron chi connectivity index (χ0n) is 24.0. The largest absolute Gasteiger partial charge is 0.460 e. The first-order valence-corrected chi connectivity index (χ1v) is 14.8. The molecule has 5 heteroatoms. The fourth-order valence-electron chi connectivity index (χ4n) is 9.47. The topological polar surface area (TPSA) is 69.7 Å². The molecule has 0 N–H and O–H groups in total. The Morgan fingerprint density at radius 2 is 1.47 bits per heavy atom. The lowest BCUT2D eigenvalue weighted by molar-refractivity contribution is -0.169. The van der Waals surface area contributed by atoms with Crippen LogP contribution in [-0.4, -0.2) is 23.5 Å². The number of hydrogen-bond acceptors (Lipinski definition) is 5. The molecule has 5 fully saturated rings. The Kier molecular flexibility index (Phi) is 10.4. The third-order valence-corrected chi connectivity index (χ3v) is 10.4. The average Bonchev–Trinajstić information content (AvgIpc) is 3.53. The summed E-state index contributed by atoms with van der Waals surface area (Å²) in [6.07, 6.45) is 9.37. The highest BCUT2D eigenvalue weighted by Crippen LogP contribution is 2.68. The molecule has 0 aromatic rings. The van der Waals surface area contributed by atoms with Crippen LogP contribution in [0.15, 0.2) is 0 Å². The lowest BCUT2D eigenvalue weighted by Crippen LogP contribution is -2.38. The molecule has 0 spiro atoms. The SMILES string of the molecule is C.C.CCCC1CC(C)C2C3CC(C4C(=O)OC(=O)C34)C12.CCCC1CC(C)CC1(C)C(=O)OC(C)(C)C. The lowest BCUT2D eigenvalue weighted by atomic mass is 9.67. The fourth-order valence-corrected chi connectivity index (χ4v) is 9.47. The first kappa shape index (κ1) is 32.8. The van der Waals surface area contributed by atoms with Crippen LogP contribution in [0.25, 0.3) is 0 Å². The Labute approximate surface area is 233 Å². The summed E-state index contributed by atoms with van der Waals surface area (Å²) in [5.74, 6) is 4.32. The van der Waals surface area contributed by atoms with Crippen molar-refractivity contribution in [1.82, 2.24) is 0 Å². The summed E-state index contributed by atoms with van der Waals surface area (Å²) < 4.78 is 10.5. The van der Waals surface area contributed by atoms with Gasteiger partial charge in [-0.05, 0) is 107 Å². The van der Waals surface area contributed by atoms with E-state index >= 15 is 0 Å². The van der Waals surface area contributed by atoms with Gasteiger partial charge in [0.1, 0.15) is 5.60 Å². The van der Waals surface area contributed by atoms with E-state index in [1.165, 1.54) is 25.7 Å². The van der Waals surface area contributed by atoms with Crippen LogP contribution in [0.4, 0.5) is 0 Å². The van der Waals surface area contributed by atoms with Crippen molar-refractivity contribution < 1.29 is 23.9 Å². The molecule has 5 nitrogen and oxygen atoms in total. The van der Waals surface area contributed by atoms with Gasteiger partial charge in [-0.25, -0.2) is 0 Å². The maximum Gasteiger partial charge on any atom is 0.317 e. The molecule has 1 saturated heterocycles. The Morgan fingerprint density at radius 1 is 0.921 bits per heavy atom. The summed E-state index contributed by atoms with van der Waals surface area (Å²) in [6.45, 7) is 17.0. The van der Waals surface area contributed by atoms with Gasteiger partial charge in [-0.15, -0.1) is 0 Å². The Hall–Kier alpha value is -1.39. The number of rotatable bonds is 5. The van der Waals surface area contributed by atoms with E-state index in [0.29, 0.717) is 35.5 Å². The third kappa shape index (κ3) is 5.73. The van der Waals surface area contributed by atoms with E-state index in [1.54, 1.807) is 0 Å². The molecule has 1 heterocycles. The third-order valence-electron chi connectivity index (χ3n) is 10.4. The molecular weight excluding hydrogens is 476 g/mol. The molecule has 11 atom stereocenters. The van der Waals surface area contributed by atoms with Crippen LogP contribution >= 0.6 is 0 Å². The van der Waals surface area contributed by atoms with E-state index in [-0.39, 0.29) is 55.6 Å². The number of carbonyl (C=O) groups is 3. The maximum atomic E-state index is 12.4. The molecule has 5 rings (SSSR count). The van der Waals surface area contributed by atoms with Crippen molar-refractivity contribution in [2.24, 2.45) is 64.6 Å². The van der Waals surface area contributed by atoms with Crippen molar-refractivity contribution in [2.75, 3.05) is 0 Å². The average molecular weight is 535 g/mol. The van der Waals surface area contributed by atoms with Gasteiger partial charge in [-0.3, -0.25) is 14.4 Å². The van der Waals surface area contributed by atoms with Gasteiger partial charge >= 0.3 is 17.9 Å². The number of cyclic esters (lactones) is 2. The standard InChI is InChI=1S/C16H22O3.C15H28O2.2CH4/c1-3-4-8-5-7(2)11-9-6-10(12(8)11)14-13(9)15(17)19-16(14)18;1-7-8-12-9-11(2)10-15(12,6)13(16)17-14(3,4)5;;/h7-14H,3-6H2,1-2H3;11-12H,7-10H2,1-6H3;2*1H4. The van der Waals surface area contributed by atoms with Crippen molar-refractivity contribution in [1.29, 1.82) is 0 Å². The van der Waals surface area contributed by atoms with Crippen molar-refractivity contribution >= 4 is 17.9 Å². The molecule has 0 amide bonds. The van der Waals surface area contributed by atoms with Crippen molar-refractivity contribution in [2.45, 2.75) is 127 Å². The van der Waals surface area contributed by atoms with E-state index in [4.69, 9.17) is 9.47 Å². The predicted molar refractivity (Wildman–Crippen MR) is 153 cm³/mol. The summed E-state index contributed by atoms with van der Waals surface area (Å²) in [4.78, 5) is 36.3. The quantitative estimate of drug-likeness (QED) is 0.263. The zero-order chi connectivity index (χ0) is 26.6. The van der Waals surface area contributed by atoms with Gasteiger partial charge in [-0.1, -0.05) is 61.8 Å². The van der Waals surface area contributed by atoms with Crippen LogP contribution in [0, 0.1) is 64.6 Å². The molecule has 38 heavy (non-hydrogen) atoms. The van der Waals surface area contributed by atoms with Crippen LogP contribution in [-0.2, 0) is 23.9 Å². The van der Waals surface area contributed by atoms with Gasteiger partial charge in [0.05, 0.1) is 17.3 Å². The fraction of sp³-hybridized carbons (Fsp3) is 0.909. The van der Waals surface area contributed by atoms with E-state index in [9.17, 15) is 14.4 Å². The minimum absolute atomic E-state index is 0. The predicted octanol–water partition coefficient (Wildman–Crippen LogP) is 8.09. The summed E-state index contributed by atoms with van der Waals surface area (Å²) >= 11 is 0. The Morgan fingerprint density at radius 3 is 2.00 bits per heavy atom. The second kappa shape index (κ2) is 12.0. The van der Waals surface area contributed by atoms with E-state index in [1.807, 2.05) is 20.8 Å². The van der Waals surface area contributed by atoms with E-state index in [0.717, 1.165) is 37.5 Å². The van der Waals surface area contributed by atoms with Crippen LogP contribution in [0.5, 0.6) is 0 Å². The monoisotopic (exact) mass is 534 g/mol. The van der Waals surface area contributed by atoms with E-state index in [2.05, 4.69) is 34.6 Å². The summed E-state index contributed by atoms with van der Waals surface area (Å²) in [6, 6.07) is 0. The Balaban J connectivity index is 0.000000256. The molecule has 0 radical (unpaired) electrons. The molecule has 0 aromatic carbocycles. The second-order valence-corrected chi connectivity index (χ2v) is 14.2. The molecule has 4 saturated carbocycles. The molecule has 11 unspecified atom stereocenters. The van der Waals surface area contributed by atoms with Crippen molar-refractivity contribution in [3.63, 3.8) is 0 Å². The highest BCUT2D eigenvalue weighted by molar-refractivity contribution is 5.97. The molecule has 5 aliphatic rings. The van der Waals surface area contributed by atoms with Gasteiger partial charge in [0.15, 0.2) is 0 Å². The number of carbonyl (C=O) groups excluding carboxylic acids is 3. The van der Waals surface area contributed by atoms with Crippen LogP contribution in [0.1, 0.15) is 122 Å². The van der Waals surface area contributed by atoms with Crippen molar-refractivity contribution in [3.05, 3.63) is 0 Å². The van der Waals surface area contributed by atoms with Gasteiger partial charge in [0.2, 0.25) is 0 Å². The minimum atomic E-state index is -0.372. The highest BCUT2D eigenvalue weighted by Gasteiger charge is 2.69. The zero-order valence-corrected chi connectivity index (χ0v) is 24.0. The summed E-state index contributed by atoms with van der Waals surface area (Å²) in [5, 5.41) is 0. The number of ether oxygens (including phenoxy) is 2. The lowest BCUT2D eigenvalue weighted by Gasteiger charge is -2.34. The van der Waals surface area contributed by atoms with Crippen LogP contribution in [0.3, 0.4) is 0 Å². The van der Waals surface area contributed by atoms with Crippen molar-refractivity contribution in [3.8, 4) is 0 Å². The summed E-state index contributed by atoms with van der Waals surface area (Å²) in [7, 11) is 0. The van der Waals surface area contributed by atoms with E-state index < -0.39 is 0 Å².